The number of carbonyl (C=O) groups is 1. The second-order valence-electron chi connectivity index (χ2n) is 7.48. The first-order chi connectivity index (χ1) is 11.6. The van der Waals surface area contributed by atoms with Crippen LogP contribution in [0.15, 0.2) is 24.3 Å². The summed E-state index contributed by atoms with van der Waals surface area (Å²) in [6, 6.07) is 9.16. The summed E-state index contributed by atoms with van der Waals surface area (Å²) in [7, 11) is 2.15. The van der Waals surface area contributed by atoms with Crippen LogP contribution in [0, 0.1) is 0 Å². The summed E-state index contributed by atoms with van der Waals surface area (Å²) in [5, 5.41) is 0. The molecular weight excluding hydrogens is 300 g/mol. The lowest BCUT2D eigenvalue weighted by Gasteiger charge is -2.42. The van der Waals surface area contributed by atoms with E-state index in [1.165, 1.54) is 11.3 Å². The van der Waals surface area contributed by atoms with E-state index in [1.807, 2.05) is 0 Å². The Labute approximate surface area is 144 Å². The largest absolute Gasteiger partial charge is 0.364 e. The molecule has 0 aromatic heterocycles. The van der Waals surface area contributed by atoms with Gasteiger partial charge in [0, 0.05) is 51.5 Å². The Morgan fingerprint density at radius 1 is 1.08 bits per heavy atom. The predicted molar refractivity (Wildman–Crippen MR) is 96.4 cm³/mol. The maximum atomic E-state index is 13.0. The van der Waals surface area contributed by atoms with Crippen LogP contribution in [0.4, 0.5) is 5.69 Å². The van der Waals surface area contributed by atoms with Gasteiger partial charge >= 0.3 is 0 Å². The zero-order valence-corrected chi connectivity index (χ0v) is 14.8. The van der Waals surface area contributed by atoms with Crippen LogP contribution in [-0.2, 0) is 11.2 Å². The Kier molecular flexibility index (Phi) is 4.22. The zero-order valence-electron chi connectivity index (χ0n) is 14.8. The van der Waals surface area contributed by atoms with Gasteiger partial charge in [-0.15, -0.1) is 0 Å². The summed E-state index contributed by atoms with van der Waals surface area (Å²) < 4.78 is 0. The van der Waals surface area contributed by atoms with Gasteiger partial charge in [0.05, 0.1) is 12.1 Å². The molecule has 3 heterocycles. The highest BCUT2D eigenvalue weighted by Crippen LogP contribution is 2.34. The highest BCUT2D eigenvalue weighted by molar-refractivity contribution is 5.82. The molecule has 1 aromatic carbocycles. The van der Waals surface area contributed by atoms with Gasteiger partial charge in [0.1, 0.15) is 0 Å². The van der Waals surface area contributed by atoms with Crippen molar-refractivity contribution in [2.45, 2.75) is 25.4 Å². The van der Waals surface area contributed by atoms with Gasteiger partial charge < -0.3 is 14.7 Å². The van der Waals surface area contributed by atoms with Crippen LogP contribution in [0.3, 0.4) is 0 Å². The van der Waals surface area contributed by atoms with Crippen molar-refractivity contribution in [3.63, 3.8) is 0 Å². The van der Waals surface area contributed by atoms with Crippen molar-refractivity contribution in [3.05, 3.63) is 29.8 Å². The molecule has 2 atom stereocenters. The molecule has 5 nitrogen and oxygen atoms in total. The van der Waals surface area contributed by atoms with Gasteiger partial charge in [-0.2, -0.15) is 0 Å². The molecule has 2 saturated heterocycles. The van der Waals surface area contributed by atoms with Crippen molar-refractivity contribution < 1.29 is 4.79 Å². The fraction of sp³-hybridized carbons (Fsp3) is 0.632. The molecule has 0 aliphatic carbocycles. The number of carbonyl (C=O) groups excluding carboxylic acids is 1. The molecule has 0 unspecified atom stereocenters. The molecule has 24 heavy (non-hydrogen) atoms. The zero-order chi connectivity index (χ0) is 16.7. The van der Waals surface area contributed by atoms with Crippen LogP contribution in [0.2, 0.25) is 0 Å². The van der Waals surface area contributed by atoms with Crippen LogP contribution >= 0.6 is 0 Å². The Morgan fingerprint density at radius 2 is 1.83 bits per heavy atom. The molecule has 0 spiro atoms. The van der Waals surface area contributed by atoms with Crippen LogP contribution in [0.1, 0.15) is 12.5 Å². The molecule has 130 valence electrons. The van der Waals surface area contributed by atoms with Gasteiger partial charge in [-0.1, -0.05) is 18.2 Å². The number of hydrogen-bond donors (Lipinski definition) is 0. The van der Waals surface area contributed by atoms with E-state index in [4.69, 9.17) is 0 Å². The number of para-hydroxylation sites is 1. The smallest absolute Gasteiger partial charge is 0.239 e. The molecule has 3 aliphatic rings. The lowest BCUT2D eigenvalue weighted by Crippen LogP contribution is -2.59. The first-order valence-corrected chi connectivity index (χ1v) is 9.19. The number of nitrogens with zero attached hydrogens (tertiary/aromatic N) is 4. The van der Waals surface area contributed by atoms with Crippen molar-refractivity contribution in [1.82, 2.24) is 14.7 Å². The van der Waals surface area contributed by atoms with Crippen LogP contribution in [-0.4, -0.2) is 85.6 Å². The van der Waals surface area contributed by atoms with Crippen LogP contribution < -0.4 is 4.90 Å². The van der Waals surface area contributed by atoms with Gasteiger partial charge in [-0.3, -0.25) is 9.69 Å². The molecule has 0 radical (unpaired) electrons. The average Bonchev–Trinajstić information content (AvgIpc) is 2.99. The minimum Gasteiger partial charge on any atom is -0.364 e. The molecule has 0 bridgehead atoms. The average molecular weight is 328 g/mol. The number of amides is 1. The first kappa shape index (κ1) is 15.9. The molecule has 3 aliphatic heterocycles. The summed E-state index contributed by atoms with van der Waals surface area (Å²) in [5.41, 5.74) is 2.81. The Morgan fingerprint density at radius 3 is 2.62 bits per heavy atom. The molecule has 0 N–H and O–H groups in total. The van der Waals surface area contributed by atoms with Crippen molar-refractivity contribution in [1.29, 1.82) is 0 Å². The maximum absolute atomic E-state index is 13.0. The van der Waals surface area contributed by atoms with Crippen molar-refractivity contribution in [3.8, 4) is 0 Å². The summed E-state index contributed by atoms with van der Waals surface area (Å²) in [6.07, 6.45) is 1.07. The van der Waals surface area contributed by atoms with Crippen molar-refractivity contribution in [2.24, 2.45) is 0 Å². The van der Waals surface area contributed by atoms with Gasteiger partial charge in [0.25, 0.3) is 0 Å². The molecule has 4 rings (SSSR count). The van der Waals surface area contributed by atoms with E-state index in [-0.39, 0.29) is 6.04 Å². The van der Waals surface area contributed by atoms with Crippen LogP contribution in [0.25, 0.3) is 0 Å². The van der Waals surface area contributed by atoms with Gasteiger partial charge in [0.15, 0.2) is 0 Å². The summed E-state index contributed by atoms with van der Waals surface area (Å²) in [5.74, 6) is 0.315. The summed E-state index contributed by atoms with van der Waals surface area (Å²) >= 11 is 0. The van der Waals surface area contributed by atoms with E-state index in [0.717, 1.165) is 52.2 Å². The minimum absolute atomic E-state index is 0.00836. The van der Waals surface area contributed by atoms with Crippen molar-refractivity contribution in [2.75, 3.05) is 57.8 Å². The normalized spacial score (nSPS) is 26.2. The highest BCUT2D eigenvalue weighted by Gasteiger charge is 2.37. The van der Waals surface area contributed by atoms with E-state index in [1.54, 1.807) is 0 Å². The Hall–Kier alpha value is -1.59. The number of benzene rings is 1. The molecule has 2 fully saturated rings. The van der Waals surface area contributed by atoms with E-state index < -0.39 is 0 Å². The lowest BCUT2D eigenvalue weighted by atomic mass is 10.1. The van der Waals surface area contributed by atoms with Gasteiger partial charge in [-0.05, 0) is 32.0 Å². The topological polar surface area (TPSA) is 30.0 Å². The number of fused-ring (bicyclic) bond motifs is 3. The fourth-order valence-corrected chi connectivity index (χ4v) is 4.39. The van der Waals surface area contributed by atoms with E-state index in [0.29, 0.717) is 11.9 Å². The van der Waals surface area contributed by atoms with Crippen LogP contribution in [0.5, 0.6) is 0 Å². The third kappa shape index (κ3) is 2.80. The highest BCUT2D eigenvalue weighted by atomic mass is 16.2. The summed E-state index contributed by atoms with van der Waals surface area (Å²) in [6.45, 7) is 8.88. The number of rotatable bonds is 2. The number of piperazine rings is 2. The first-order valence-electron chi connectivity index (χ1n) is 9.19. The Bertz CT molecular complexity index is 611. The standard InChI is InChI=1S/C19H28N4O/c1-15(21-9-7-20(2)8-10-21)19(24)22-11-12-23-17(14-22)13-16-5-3-4-6-18(16)23/h3-6,15,17H,7-14H2,1-2H3/t15-,17-/m1/s1. The van der Waals surface area contributed by atoms with Crippen molar-refractivity contribution >= 4 is 11.6 Å². The number of anilines is 1. The second-order valence-corrected chi connectivity index (χ2v) is 7.48. The second kappa shape index (κ2) is 6.37. The molecule has 1 aromatic rings. The monoisotopic (exact) mass is 328 g/mol. The van der Waals surface area contributed by atoms with Gasteiger partial charge in [-0.25, -0.2) is 0 Å². The molecule has 0 saturated carbocycles. The predicted octanol–water partition coefficient (Wildman–Crippen LogP) is 0.896. The fourth-order valence-electron chi connectivity index (χ4n) is 4.39. The minimum atomic E-state index is 0.00836. The van der Waals surface area contributed by atoms with E-state index in [9.17, 15) is 4.79 Å². The maximum Gasteiger partial charge on any atom is 0.239 e. The van der Waals surface area contributed by atoms with E-state index >= 15 is 0 Å². The lowest BCUT2D eigenvalue weighted by molar-refractivity contribution is -0.137. The van der Waals surface area contributed by atoms with E-state index in [2.05, 4.69) is 57.8 Å². The van der Waals surface area contributed by atoms with Gasteiger partial charge in [0.2, 0.25) is 5.91 Å². The molecular formula is C19H28N4O. The molecule has 1 amide bonds. The number of hydrogen-bond acceptors (Lipinski definition) is 4. The number of likely N-dealkylation sites (N-methyl/N-ethyl adjacent to an activating group) is 1. The third-order valence-electron chi connectivity index (χ3n) is 5.99. The third-order valence-corrected chi connectivity index (χ3v) is 5.99. The quantitative estimate of drug-likeness (QED) is 0.807. The molecule has 5 heteroatoms. The summed E-state index contributed by atoms with van der Waals surface area (Å²) in [4.78, 5) is 22.3. The SMILES string of the molecule is C[C@H](C(=O)N1CCN2c3ccccc3C[C@@H]2C1)N1CCN(C)CC1. The Balaban J connectivity index is 1.39.